The van der Waals surface area contributed by atoms with E-state index in [9.17, 15) is 0 Å². The number of aliphatic imine (C=N–C) groups is 1. The molecular weight excluding hydrogens is 373 g/mol. The average molecular weight is 401 g/mol. The topological polar surface area (TPSA) is 21.6 Å². The van der Waals surface area contributed by atoms with Crippen LogP contribution in [-0.4, -0.2) is 18.5 Å². The average Bonchev–Trinajstić information content (AvgIpc) is 3.25. The van der Waals surface area contributed by atoms with E-state index in [4.69, 9.17) is 9.73 Å². The smallest absolute Gasteiger partial charge is 0.184 e. The van der Waals surface area contributed by atoms with E-state index in [1.165, 1.54) is 16.2 Å². The van der Waals surface area contributed by atoms with E-state index in [0.29, 0.717) is 18.2 Å². The van der Waals surface area contributed by atoms with Crippen molar-refractivity contribution in [3.8, 4) is 0 Å². The Hall–Kier alpha value is -2.44. The third-order valence-electron chi connectivity index (χ3n) is 5.43. The maximum absolute atomic E-state index is 6.06. The summed E-state index contributed by atoms with van der Waals surface area (Å²) in [6.07, 6.45) is 0.836. The molecule has 1 heterocycles. The normalized spacial score (nSPS) is 17.2. The lowest BCUT2D eigenvalue weighted by Gasteiger charge is -2.29. The number of hydrogen-bond acceptors (Lipinski definition) is 2. The molecule has 1 aliphatic heterocycles. The summed E-state index contributed by atoms with van der Waals surface area (Å²) in [5.41, 5.74) is 1.67. The molecule has 0 N–H and O–H groups in total. The second-order valence-electron chi connectivity index (χ2n) is 7.82. The maximum Gasteiger partial charge on any atom is 0.184 e. The van der Waals surface area contributed by atoms with Crippen molar-refractivity contribution in [2.24, 2.45) is 10.9 Å². The quantitative estimate of drug-likeness (QED) is 0.465. The third-order valence-corrected chi connectivity index (χ3v) is 8.25. The van der Waals surface area contributed by atoms with Crippen LogP contribution in [0.15, 0.2) is 96.0 Å². The van der Waals surface area contributed by atoms with Crippen molar-refractivity contribution >= 4 is 24.4 Å². The minimum absolute atomic E-state index is 0.279. The summed E-state index contributed by atoms with van der Waals surface area (Å²) >= 11 is 0. The number of hydrogen-bond donors (Lipinski definition) is 0. The second kappa shape index (κ2) is 9.37. The number of rotatable bonds is 7. The molecule has 0 radical (unpaired) electrons. The molecule has 3 aromatic rings. The molecule has 0 spiro atoms. The predicted molar refractivity (Wildman–Crippen MR) is 125 cm³/mol. The van der Waals surface area contributed by atoms with E-state index in [-0.39, 0.29) is 6.04 Å². The van der Waals surface area contributed by atoms with E-state index >= 15 is 0 Å². The lowest BCUT2D eigenvalue weighted by atomic mass is 10.1. The van der Waals surface area contributed by atoms with Crippen LogP contribution < -0.4 is 10.6 Å². The predicted octanol–water partition coefficient (Wildman–Crippen LogP) is 5.70. The van der Waals surface area contributed by atoms with Crippen LogP contribution in [0.1, 0.15) is 31.5 Å². The molecule has 0 fully saturated rings. The number of ether oxygens (including phenoxy) is 1. The first-order valence-electron chi connectivity index (χ1n) is 10.4. The largest absolute Gasteiger partial charge is 0.479 e. The van der Waals surface area contributed by atoms with Gasteiger partial charge in [-0.3, -0.25) is 0 Å². The van der Waals surface area contributed by atoms with Gasteiger partial charge in [-0.1, -0.05) is 105 Å². The van der Waals surface area contributed by atoms with Gasteiger partial charge in [0.2, 0.25) is 0 Å². The first kappa shape index (κ1) is 19.9. The first-order chi connectivity index (χ1) is 14.2. The molecule has 29 heavy (non-hydrogen) atoms. The molecule has 0 saturated heterocycles. The molecule has 0 aromatic heterocycles. The van der Waals surface area contributed by atoms with Crippen molar-refractivity contribution in [3.63, 3.8) is 0 Å². The fourth-order valence-corrected chi connectivity index (χ4v) is 6.59. The molecule has 0 amide bonds. The molecule has 0 unspecified atom stereocenters. The SMILES string of the molecule is CC(C)[C@H]1COC(C[C@H](c2ccccc2)P(c2ccccc2)c2ccccc2)=N1. The van der Waals surface area contributed by atoms with Crippen molar-refractivity contribution in [2.75, 3.05) is 6.61 Å². The summed E-state index contributed by atoms with van der Waals surface area (Å²) in [7, 11) is -0.597. The third kappa shape index (κ3) is 4.77. The van der Waals surface area contributed by atoms with Gasteiger partial charge in [-0.05, 0) is 30.0 Å². The Labute approximate surface area is 175 Å². The summed E-state index contributed by atoms with van der Waals surface area (Å²) in [6, 6.07) is 33.0. The van der Waals surface area contributed by atoms with Gasteiger partial charge < -0.3 is 4.74 Å². The van der Waals surface area contributed by atoms with Crippen LogP contribution in [0.25, 0.3) is 0 Å². The molecule has 4 rings (SSSR count). The van der Waals surface area contributed by atoms with Crippen molar-refractivity contribution in [2.45, 2.75) is 32.0 Å². The lowest BCUT2D eigenvalue weighted by molar-refractivity contribution is 0.285. The van der Waals surface area contributed by atoms with Gasteiger partial charge in [-0.25, -0.2) is 4.99 Å². The Morgan fingerprint density at radius 3 is 1.83 bits per heavy atom. The van der Waals surface area contributed by atoms with E-state index in [1.807, 2.05) is 0 Å². The highest BCUT2D eigenvalue weighted by Crippen LogP contribution is 2.51. The summed E-state index contributed by atoms with van der Waals surface area (Å²) in [5.74, 6) is 1.42. The van der Waals surface area contributed by atoms with Crippen LogP contribution in [0, 0.1) is 5.92 Å². The molecule has 0 aliphatic carbocycles. The highest BCUT2D eigenvalue weighted by Gasteiger charge is 2.30. The molecule has 0 bridgehead atoms. The van der Waals surface area contributed by atoms with Crippen LogP contribution in [0.4, 0.5) is 0 Å². The minimum Gasteiger partial charge on any atom is -0.479 e. The fourth-order valence-electron chi connectivity index (χ4n) is 3.78. The van der Waals surface area contributed by atoms with E-state index in [0.717, 1.165) is 12.3 Å². The molecule has 148 valence electrons. The van der Waals surface area contributed by atoms with E-state index < -0.39 is 7.92 Å². The fraction of sp³-hybridized carbons (Fsp3) is 0.269. The monoisotopic (exact) mass is 401 g/mol. The molecule has 2 atom stereocenters. The van der Waals surface area contributed by atoms with Crippen molar-refractivity contribution in [1.29, 1.82) is 0 Å². The molecule has 2 nitrogen and oxygen atoms in total. The van der Waals surface area contributed by atoms with Crippen LogP contribution in [0.3, 0.4) is 0 Å². The molecule has 1 aliphatic rings. The Kier molecular flexibility index (Phi) is 6.42. The van der Waals surface area contributed by atoms with Crippen molar-refractivity contribution in [3.05, 3.63) is 96.6 Å². The zero-order valence-corrected chi connectivity index (χ0v) is 18.0. The lowest BCUT2D eigenvalue weighted by Crippen LogP contribution is -2.19. The van der Waals surface area contributed by atoms with Gasteiger partial charge in [0.1, 0.15) is 6.61 Å². The van der Waals surface area contributed by atoms with Gasteiger partial charge in [0.05, 0.1) is 6.04 Å². The first-order valence-corrected chi connectivity index (χ1v) is 11.8. The zero-order valence-electron chi connectivity index (χ0n) is 17.1. The highest BCUT2D eigenvalue weighted by molar-refractivity contribution is 7.73. The van der Waals surface area contributed by atoms with Crippen LogP contribution in [-0.2, 0) is 4.74 Å². The van der Waals surface area contributed by atoms with Gasteiger partial charge in [0.25, 0.3) is 0 Å². The van der Waals surface area contributed by atoms with Gasteiger partial charge >= 0.3 is 0 Å². The Bertz CT molecular complexity index is 885. The van der Waals surface area contributed by atoms with Crippen LogP contribution in [0.5, 0.6) is 0 Å². The molecule has 3 aromatic carbocycles. The Morgan fingerprint density at radius 2 is 1.34 bits per heavy atom. The molecule has 3 heteroatoms. The van der Waals surface area contributed by atoms with Crippen molar-refractivity contribution < 1.29 is 4.74 Å². The zero-order chi connectivity index (χ0) is 20.1. The van der Waals surface area contributed by atoms with Gasteiger partial charge in [-0.2, -0.15) is 0 Å². The van der Waals surface area contributed by atoms with E-state index in [1.54, 1.807) is 0 Å². The summed E-state index contributed by atoms with van der Waals surface area (Å²) in [5, 5.41) is 2.78. The van der Waals surface area contributed by atoms with Crippen molar-refractivity contribution in [1.82, 2.24) is 0 Å². The van der Waals surface area contributed by atoms with E-state index in [2.05, 4.69) is 105 Å². The Balaban J connectivity index is 1.76. The van der Waals surface area contributed by atoms with Gasteiger partial charge in [0.15, 0.2) is 5.90 Å². The highest BCUT2D eigenvalue weighted by atomic mass is 31.1. The van der Waals surface area contributed by atoms with Crippen LogP contribution in [0.2, 0.25) is 0 Å². The summed E-state index contributed by atoms with van der Waals surface area (Å²) in [4.78, 5) is 4.93. The molecule has 0 saturated carbocycles. The Morgan fingerprint density at radius 1 is 0.828 bits per heavy atom. The number of benzene rings is 3. The summed E-state index contributed by atoms with van der Waals surface area (Å²) in [6.45, 7) is 5.15. The summed E-state index contributed by atoms with van der Waals surface area (Å²) < 4.78 is 6.06. The second-order valence-corrected chi connectivity index (χ2v) is 10.2. The minimum atomic E-state index is -0.597. The molecular formula is C26H28NOP. The van der Waals surface area contributed by atoms with Crippen LogP contribution >= 0.6 is 7.92 Å². The van der Waals surface area contributed by atoms with Gasteiger partial charge in [-0.15, -0.1) is 0 Å². The standard InChI is InChI=1S/C26H28NOP/c1-20(2)24-19-28-26(27-24)18-25(21-12-6-3-7-13-21)29(22-14-8-4-9-15-22)23-16-10-5-11-17-23/h3-17,20,24-25H,18-19H2,1-2H3/t24-,25-/m1/s1. The number of nitrogens with zero attached hydrogens (tertiary/aromatic N) is 1. The maximum atomic E-state index is 6.06. The van der Waals surface area contributed by atoms with Gasteiger partial charge in [0, 0.05) is 12.1 Å².